The lowest BCUT2D eigenvalue weighted by Gasteiger charge is -2.10. The Labute approximate surface area is 135 Å². The number of thiophene rings is 1. The van der Waals surface area contributed by atoms with E-state index < -0.39 is 17.6 Å². The van der Waals surface area contributed by atoms with Crippen LogP contribution in [0, 0.1) is 0 Å². The Balaban J connectivity index is 1.89. The van der Waals surface area contributed by atoms with Gasteiger partial charge in [-0.05, 0) is 36.6 Å². The molecule has 2 rings (SSSR count). The molecule has 2 aromatic rings. The number of halogens is 3. The van der Waals surface area contributed by atoms with Crippen LogP contribution in [0.2, 0.25) is 0 Å². The van der Waals surface area contributed by atoms with Crippen molar-refractivity contribution in [3.05, 3.63) is 52.2 Å². The molecule has 0 bridgehead atoms. The fraction of sp³-hybridized carbons (Fsp3) is 0.200. The normalized spacial score (nSPS) is 12.1. The third-order valence-corrected chi connectivity index (χ3v) is 3.85. The molecule has 0 radical (unpaired) electrons. The first-order valence-corrected chi connectivity index (χ1v) is 7.52. The van der Waals surface area contributed by atoms with Gasteiger partial charge in [0.25, 0.3) is 5.91 Å². The number of nitrogens with zero attached hydrogens (tertiary/aromatic N) is 1. The zero-order valence-electron chi connectivity index (χ0n) is 12.1. The SMILES string of the molecule is C/C(=N\NC(=O)CNc1cccc(C(F)(F)F)c1)c1cccs1. The molecule has 0 saturated heterocycles. The maximum absolute atomic E-state index is 12.6. The van der Waals surface area contributed by atoms with Gasteiger partial charge in [0.05, 0.1) is 17.8 Å². The van der Waals surface area contributed by atoms with Crippen molar-refractivity contribution in [2.45, 2.75) is 13.1 Å². The van der Waals surface area contributed by atoms with E-state index in [-0.39, 0.29) is 12.2 Å². The summed E-state index contributed by atoms with van der Waals surface area (Å²) in [6, 6.07) is 8.41. The van der Waals surface area contributed by atoms with Crippen LogP contribution in [0.25, 0.3) is 0 Å². The van der Waals surface area contributed by atoms with Crippen LogP contribution in [0.5, 0.6) is 0 Å². The number of amides is 1. The van der Waals surface area contributed by atoms with Gasteiger partial charge >= 0.3 is 6.18 Å². The van der Waals surface area contributed by atoms with Crippen molar-refractivity contribution < 1.29 is 18.0 Å². The first-order chi connectivity index (χ1) is 10.9. The highest BCUT2D eigenvalue weighted by Gasteiger charge is 2.30. The molecular weight excluding hydrogens is 327 g/mol. The fourth-order valence-corrected chi connectivity index (χ4v) is 2.39. The smallest absolute Gasteiger partial charge is 0.376 e. The van der Waals surface area contributed by atoms with Crippen molar-refractivity contribution in [1.29, 1.82) is 0 Å². The van der Waals surface area contributed by atoms with Crippen molar-refractivity contribution in [2.24, 2.45) is 5.10 Å². The molecule has 1 amide bonds. The summed E-state index contributed by atoms with van der Waals surface area (Å²) < 4.78 is 37.8. The van der Waals surface area contributed by atoms with Crippen LogP contribution in [-0.4, -0.2) is 18.2 Å². The van der Waals surface area contributed by atoms with Gasteiger partial charge in [0, 0.05) is 10.6 Å². The molecule has 1 aromatic carbocycles. The number of carbonyl (C=O) groups is 1. The van der Waals surface area contributed by atoms with E-state index in [1.54, 1.807) is 6.92 Å². The second-order valence-electron chi connectivity index (χ2n) is 4.64. The van der Waals surface area contributed by atoms with E-state index in [4.69, 9.17) is 0 Å². The maximum atomic E-state index is 12.6. The highest BCUT2D eigenvalue weighted by atomic mass is 32.1. The maximum Gasteiger partial charge on any atom is 0.416 e. The topological polar surface area (TPSA) is 53.5 Å². The second-order valence-corrected chi connectivity index (χ2v) is 5.59. The molecule has 0 aliphatic carbocycles. The minimum Gasteiger partial charge on any atom is -0.376 e. The molecule has 8 heteroatoms. The molecule has 1 heterocycles. The van der Waals surface area contributed by atoms with Crippen LogP contribution in [0.4, 0.5) is 18.9 Å². The Hall–Kier alpha value is -2.35. The molecule has 0 saturated carbocycles. The van der Waals surface area contributed by atoms with Crippen molar-refractivity contribution in [2.75, 3.05) is 11.9 Å². The Morgan fingerprint density at radius 1 is 1.26 bits per heavy atom. The van der Waals surface area contributed by atoms with Crippen LogP contribution < -0.4 is 10.7 Å². The summed E-state index contributed by atoms with van der Waals surface area (Å²) in [4.78, 5) is 12.6. The first kappa shape index (κ1) is 17.0. The Morgan fingerprint density at radius 2 is 2.04 bits per heavy atom. The lowest BCUT2D eigenvalue weighted by molar-refractivity contribution is -0.137. The zero-order chi connectivity index (χ0) is 16.9. The van der Waals surface area contributed by atoms with Crippen LogP contribution in [0.15, 0.2) is 46.9 Å². The molecular formula is C15H14F3N3OS. The number of hydrazone groups is 1. The summed E-state index contributed by atoms with van der Waals surface area (Å²) >= 11 is 1.49. The fourth-order valence-electron chi connectivity index (χ4n) is 1.71. The lowest BCUT2D eigenvalue weighted by atomic mass is 10.2. The number of hydrogen-bond donors (Lipinski definition) is 2. The van der Waals surface area contributed by atoms with E-state index in [9.17, 15) is 18.0 Å². The predicted molar refractivity (Wildman–Crippen MR) is 84.6 cm³/mol. The van der Waals surface area contributed by atoms with E-state index in [0.717, 1.165) is 17.0 Å². The molecule has 0 fully saturated rings. The van der Waals surface area contributed by atoms with Crippen molar-refractivity contribution >= 4 is 28.6 Å². The summed E-state index contributed by atoms with van der Waals surface area (Å²) in [6.07, 6.45) is -4.41. The van der Waals surface area contributed by atoms with Crippen molar-refractivity contribution in [1.82, 2.24) is 5.43 Å². The summed E-state index contributed by atoms with van der Waals surface area (Å²) in [5.74, 6) is -0.446. The van der Waals surface area contributed by atoms with E-state index in [1.165, 1.54) is 23.5 Å². The molecule has 0 aliphatic rings. The lowest BCUT2D eigenvalue weighted by Crippen LogP contribution is -2.26. The quantitative estimate of drug-likeness (QED) is 0.643. The monoisotopic (exact) mass is 341 g/mol. The van der Waals surface area contributed by atoms with Crippen molar-refractivity contribution in [3.8, 4) is 0 Å². The Bertz CT molecular complexity index is 696. The summed E-state index contributed by atoms with van der Waals surface area (Å²) in [5.41, 5.74) is 2.46. The van der Waals surface area contributed by atoms with Gasteiger partial charge in [-0.15, -0.1) is 11.3 Å². The van der Waals surface area contributed by atoms with Gasteiger partial charge in [0.2, 0.25) is 0 Å². The Kier molecular flexibility index (Phi) is 5.38. The van der Waals surface area contributed by atoms with E-state index >= 15 is 0 Å². The van der Waals surface area contributed by atoms with Crippen molar-refractivity contribution in [3.63, 3.8) is 0 Å². The van der Waals surface area contributed by atoms with Gasteiger partial charge in [0.15, 0.2) is 0 Å². The number of benzene rings is 1. The Morgan fingerprint density at radius 3 is 2.70 bits per heavy atom. The highest BCUT2D eigenvalue weighted by Crippen LogP contribution is 2.30. The van der Waals surface area contributed by atoms with Crippen LogP contribution in [0.3, 0.4) is 0 Å². The summed E-state index contributed by atoms with van der Waals surface area (Å²) in [6.45, 7) is 1.58. The van der Waals surface area contributed by atoms with E-state index in [2.05, 4.69) is 15.8 Å². The standard InChI is InChI=1S/C15H14F3N3OS/c1-10(13-6-3-7-23-13)20-21-14(22)9-19-12-5-2-4-11(8-12)15(16,17)18/h2-8,19H,9H2,1H3,(H,21,22)/b20-10+. The number of rotatable bonds is 5. The largest absolute Gasteiger partial charge is 0.416 e. The number of alkyl halides is 3. The van der Waals surface area contributed by atoms with Crippen LogP contribution in [-0.2, 0) is 11.0 Å². The molecule has 0 spiro atoms. The first-order valence-electron chi connectivity index (χ1n) is 6.64. The molecule has 0 unspecified atom stereocenters. The number of carbonyl (C=O) groups excluding carboxylic acids is 1. The highest BCUT2D eigenvalue weighted by molar-refractivity contribution is 7.12. The number of nitrogens with one attached hydrogen (secondary N) is 2. The third-order valence-electron chi connectivity index (χ3n) is 2.87. The summed E-state index contributed by atoms with van der Waals surface area (Å²) in [5, 5.41) is 8.47. The van der Waals surface area contributed by atoms with Gasteiger partial charge in [-0.25, -0.2) is 5.43 Å². The molecule has 1 aromatic heterocycles. The minimum atomic E-state index is -4.41. The number of hydrogen-bond acceptors (Lipinski definition) is 4. The predicted octanol–water partition coefficient (Wildman–Crippen LogP) is 3.72. The van der Waals surface area contributed by atoms with Gasteiger partial charge in [-0.1, -0.05) is 12.1 Å². The van der Waals surface area contributed by atoms with Gasteiger partial charge in [-0.2, -0.15) is 18.3 Å². The van der Waals surface area contributed by atoms with Gasteiger partial charge < -0.3 is 5.32 Å². The van der Waals surface area contributed by atoms with E-state index in [0.29, 0.717) is 5.71 Å². The average Bonchev–Trinajstić information content (AvgIpc) is 3.04. The summed E-state index contributed by atoms with van der Waals surface area (Å²) in [7, 11) is 0. The molecule has 2 N–H and O–H groups in total. The van der Waals surface area contributed by atoms with Crippen LogP contribution in [0.1, 0.15) is 17.4 Å². The minimum absolute atomic E-state index is 0.178. The van der Waals surface area contributed by atoms with Gasteiger partial charge in [0.1, 0.15) is 0 Å². The zero-order valence-corrected chi connectivity index (χ0v) is 13.0. The molecule has 122 valence electrons. The second kappa shape index (κ2) is 7.28. The average molecular weight is 341 g/mol. The van der Waals surface area contributed by atoms with E-state index in [1.807, 2.05) is 17.5 Å². The molecule has 4 nitrogen and oxygen atoms in total. The molecule has 23 heavy (non-hydrogen) atoms. The van der Waals surface area contributed by atoms with Crippen LogP contribution >= 0.6 is 11.3 Å². The molecule has 0 atom stereocenters. The number of anilines is 1. The molecule has 0 aliphatic heterocycles. The third kappa shape index (κ3) is 5.10. The van der Waals surface area contributed by atoms with Gasteiger partial charge in [-0.3, -0.25) is 4.79 Å².